The number of hydrogen-bond acceptors (Lipinski definition) is 5. The number of nitrogens with one attached hydrogen (secondary N) is 1. The summed E-state index contributed by atoms with van der Waals surface area (Å²) in [4.78, 5) is 31.3. The van der Waals surface area contributed by atoms with Crippen molar-refractivity contribution in [2.75, 3.05) is 11.9 Å². The molecule has 0 radical (unpaired) electrons. The molecule has 0 bridgehead atoms. The molecule has 0 unspecified atom stereocenters. The zero-order chi connectivity index (χ0) is 18.4. The van der Waals surface area contributed by atoms with Crippen LogP contribution in [-0.4, -0.2) is 28.2 Å². The molecule has 2 amide bonds. The standard InChI is InChI=1S/C19H19N3O2S2/c1-14(23)20-19-21-17(13-26-19)18(24)22(12-16-8-5-11-25-16)10-9-15-6-3-2-4-7-15/h2-8,11,13H,9-10,12H2,1H3,(H,20,21,23). The first kappa shape index (κ1) is 18.3. The van der Waals surface area contributed by atoms with Crippen LogP contribution < -0.4 is 5.32 Å². The summed E-state index contributed by atoms with van der Waals surface area (Å²) >= 11 is 2.89. The fourth-order valence-corrected chi connectivity index (χ4v) is 3.94. The number of carbonyl (C=O) groups excluding carboxylic acids is 2. The molecule has 134 valence electrons. The number of thiophene rings is 1. The highest BCUT2D eigenvalue weighted by molar-refractivity contribution is 7.14. The number of thiazole rings is 1. The zero-order valence-electron chi connectivity index (χ0n) is 14.3. The molecule has 0 aliphatic carbocycles. The van der Waals surface area contributed by atoms with Gasteiger partial charge in [0.25, 0.3) is 5.91 Å². The summed E-state index contributed by atoms with van der Waals surface area (Å²) in [6, 6.07) is 14.1. The van der Waals surface area contributed by atoms with E-state index in [1.165, 1.54) is 23.8 Å². The molecule has 0 saturated carbocycles. The largest absolute Gasteiger partial charge is 0.332 e. The Morgan fingerprint density at radius 3 is 2.62 bits per heavy atom. The van der Waals surface area contributed by atoms with Crippen LogP contribution in [0.1, 0.15) is 27.9 Å². The Hall–Kier alpha value is -2.51. The average Bonchev–Trinajstić information content (AvgIpc) is 3.30. The van der Waals surface area contributed by atoms with Crippen molar-refractivity contribution in [2.45, 2.75) is 19.9 Å². The molecule has 3 rings (SSSR count). The van der Waals surface area contributed by atoms with Gasteiger partial charge in [-0.3, -0.25) is 9.59 Å². The number of amides is 2. The Labute approximate surface area is 160 Å². The molecule has 7 heteroatoms. The number of hydrogen-bond donors (Lipinski definition) is 1. The average molecular weight is 386 g/mol. The van der Waals surface area contributed by atoms with Gasteiger partial charge in [-0.25, -0.2) is 4.98 Å². The molecule has 2 aromatic heterocycles. The van der Waals surface area contributed by atoms with E-state index in [0.717, 1.165) is 11.3 Å². The Bertz CT molecular complexity index is 860. The van der Waals surface area contributed by atoms with Gasteiger partial charge in [0.2, 0.25) is 5.91 Å². The van der Waals surface area contributed by atoms with Crippen molar-refractivity contribution < 1.29 is 9.59 Å². The molecular formula is C19H19N3O2S2. The smallest absolute Gasteiger partial charge is 0.273 e. The molecule has 0 atom stereocenters. The first-order valence-corrected chi connectivity index (χ1v) is 9.96. The lowest BCUT2D eigenvalue weighted by Crippen LogP contribution is -2.32. The Balaban J connectivity index is 1.74. The fourth-order valence-electron chi connectivity index (χ4n) is 2.49. The monoisotopic (exact) mass is 385 g/mol. The molecule has 0 saturated heterocycles. The molecule has 1 aromatic carbocycles. The molecule has 26 heavy (non-hydrogen) atoms. The van der Waals surface area contributed by atoms with Gasteiger partial charge < -0.3 is 10.2 Å². The highest BCUT2D eigenvalue weighted by atomic mass is 32.1. The minimum Gasteiger partial charge on any atom is -0.332 e. The van der Waals surface area contributed by atoms with E-state index in [0.29, 0.717) is 23.9 Å². The summed E-state index contributed by atoms with van der Waals surface area (Å²) in [6.45, 7) is 2.58. The van der Waals surface area contributed by atoms with E-state index in [4.69, 9.17) is 0 Å². The maximum atomic E-state index is 13.0. The van der Waals surface area contributed by atoms with Crippen LogP contribution in [0.2, 0.25) is 0 Å². The topological polar surface area (TPSA) is 62.3 Å². The van der Waals surface area contributed by atoms with E-state index < -0.39 is 0 Å². The number of aromatic nitrogens is 1. The van der Waals surface area contributed by atoms with Crippen LogP contribution in [0.5, 0.6) is 0 Å². The van der Waals surface area contributed by atoms with Crippen molar-refractivity contribution >= 4 is 39.6 Å². The van der Waals surface area contributed by atoms with E-state index in [-0.39, 0.29) is 11.8 Å². The lowest BCUT2D eigenvalue weighted by molar-refractivity contribution is -0.114. The van der Waals surface area contributed by atoms with Crippen LogP contribution in [0.3, 0.4) is 0 Å². The predicted octanol–water partition coefficient (Wildman–Crippen LogP) is 4.05. The van der Waals surface area contributed by atoms with Gasteiger partial charge in [0.1, 0.15) is 5.69 Å². The molecule has 5 nitrogen and oxygen atoms in total. The van der Waals surface area contributed by atoms with Gasteiger partial charge in [-0.15, -0.1) is 22.7 Å². The molecule has 1 N–H and O–H groups in total. The van der Waals surface area contributed by atoms with Crippen LogP contribution >= 0.6 is 22.7 Å². The molecule has 0 aliphatic heterocycles. The summed E-state index contributed by atoms with van der Waals surface area (Å²) in [5.41, 5.74) is 1.55. The van der Waals surface area contributed by atoms with E-state index in [9.17, 15) is 9.59 Å². The minimum atomic E-state index is -0.196. The third-order valence-corrected chi connectivity index (χ3v) is 5.35. The second kappa shape index (κ2) is 8.73. The van der Waals surface area contributed by atoms with Crippen LogP contribution in [0, 0.1) is 0 Å². The molecule has 3 aromatic rings. The Kier molecular flexibility index (Phi) is 6.14. The van der Waals surface area contributed by atoms with Crippen molar-refractivity contribution in [3.05, 3.63) is 69.4 Å². The number of anilines is 1. The van der Waals surface area contributed by atoms with Crippen molar-refractivity contribution in [1.29, 1.82) is 0 Å². The van der Waals surface area contributed by atoms with Gasteiger partial charge in [-0.1, -0.05) is 36.4 Å². The summed E-state index contributed by atoms with van der Waals surface area (Å²) in [5.74, 6) is -0.319. The van der Waals surface area contributed by atoms with Crippen molar-refractivity contribution in [3.63, 3.8) is 0 Å². The SMILES string of the molecule is CC(=O)Nc1nc(C(=O)N(CCc2ccccc2)Cc2cccs2)cs1. The zero-order valence-corrected chi connectivity index (χ0v) is 16.0. The highest BCUT2D eigenvalue weighted by Gasteiger charge is 2.20. The van der Waals surface area contributed by atoms with Crippen molar-refractivity contribution in [3.8, 4) is 0 Å². The summed E-state index contributed by atoms with van der Waals surface area (Å²) < 4.78 is 0. The predicted molar refractivity (Wildman–Crippen MR) is 106 cm³/mol. The quantitative estimate of drug-likeness (QED) is 0.667. The van der Waals surface area contributed by atoms with Crippen molar-refractivity contribution in [2.24, 2.45) is 0 Å². The Morgan fingerprint density at radius 1 is 1.12 bits per heavy atom. The van der Waals surface area contributed by atoms with E-state index in [1.807, 2.05) is 40.6 Å². The van der Waals surface area contributed by atoms with Crippen LogP contribution in [0.15, 0.2) is 53.2 Å². The maximum absolute atomic E-state index is 13.0. The summed E-state index contributed by atoms with van der Waals surface area (Å²) in [6.07, 6.45) is 0.778. The summed E-state index contributed by atoms with van der Waals surface area (Å²) in [5, 5.41) is 6.77. The number of benzene rings is 1. The molecule has 0 fully saturated rings. The fraction of sp³-hybridized carbons (Fsp3) is 0.211. The van der Waals surface area contributed by atoms with Gasteiger partial charge in [-0.2, -0.15) is 0 Å². The van der Waals surface area contributed by atoms with E-state index >= 15 is 0 Å². The minimum absolute atomic E-state index is 0.123. The van der Waals surface area contributed by atoms with Gasteiger partial charge in [0.05, 0.1) is 6.54 Å². The van der Waals surface area contributed by atoms with E-state index in [2.05, 4.69) is 22.4 Å². The second-order valence-electron chi connectivity index (χ2n) is 5.76. The van der Waals surface area contributed by atoms with Crippen LogP contribution in [0.25, 0.3) is 0 Å². The van der Waals surface area contributed by atoms with Gasteiger partial charge in [0.15, 0.2) is 5.13 Å². The first-order chi connectivity index (χ1) is 12.6. The van der Waals surface area contributed by atoms with Gasteiger partial charge in [0, 0.05) is 23.7 Å². The van der Waals surface area contributed by atoms with Gasteiger partial charge in [-0.05, 0) is 23.4 Å². The number of rotatable bonds is 7. The second-order valence-corrected chi connectivity index (χ2v) is 7.65. The number of carbonyl (C=O) groups is 2. The Morgan fingerprint density at radius 2 is 1.92 bits per heavy atom. The van der Waals surface area contributed by atoms with E-state index in [1.54, 1.807) is 16.7 Å². The van der Waals surface area contributed by atoms with Gasteiger partial charge >= 0.3 is 0 Å². The lowest BCUT2D eigenvalue weighted by Gasteiger charge is -2.21. The van der Waals surface area contributed by atoms with Crippen LogP contribution in [0.4, 0.5) is 5.13 Å². The number of nitrogens with zero attached hydrogens (tertiary/aromatic N) is 2. The molecule has 2 heterocycles. The molecule has 0 spiro atoms. The third kappa shape index (κ3) is 5.00. The highest BCUT2D eigenvalue weighted by Crippen LogP contribution is 2.19. The normalized spacial score (nSPS) is 10.5. The maximum Gasteiger partial charge on any atom is 0.273 e. The van der Waals surface area contributed by atoms with Crippen LogP contribution in [-0.2, 0) is 17.8 Å². The third-order valence-electron chi connectivity index (χ3n) is 3.73. The lowest BCUT2D eigenvalue weighted by atomic mass is 10.1. The molecule has 0 aliphatic rings. The molecular weight excluding hydrogens is 366 g/mol. The first-order valence-electron chi connectivity index (χ1n) is 8.20. The summed E-state index contributed by atoms with van der Waals surface area (Å²) in [7, 11) is 0. The van der Waals surface area contributed by atoms with Crippen molar-refractivity contribution in [1.82, 2.24) is 9.88 Å².